The summed E-state index contributed by atoms with van der Waals surface area (Å²) in [6.07, 6.45) is 7.57. The van der Waals surface area contributed by atoms with Gasteiger partial charge in [-0.05, 0) is 90.7 Å². The maximum Gasteiger partial charge on any atom is 0.253 e. The number of amides is 2. The minimum Gasteiger partial charge on any atom is -0.383 e. The standard InChI is InChI=1S/C33H26FN9O2/c1-2-29(44)38-27-18-20(34)7-9-23(27)33(45)40-25-11-6-19-17-21(8-10-22(19)25)43-31(24-5-3-14-36-30(24)35)39-26-12-13-28(41-32(26)43)42-16-4-15-37-42/h2-5,7-10,12-18,25H,1,6,11H2,(H2,35,36)(H,38,44)(H,40,45)/t25-/m0/s1. The topological polar surface area (TPSA) is 146 Å². The number of anilines is 2. The molecule has 0 spiro atoms. The van der Waals surface area contributed by atoms with E-state index in [1.165, 1.54) is 12.1 Å². The molecule has 0 aliphatic heterocycles. The molecule has 0 radical (unpaired) electrons. The van der Waals surface area contributed by atoms with Crippen molar-refractivity contribution >= 4 is 34.5 Å². The summed E-state index contributed by atoms with van der Waals surface area (Å²) in [6, 6.07) is 18.6. The average Bonchev–Trinajstić information content (AvgIpc) is 3.80. The number of hydrogen-bond acceptors (Lipinski definition) is 7. The number of nitrogens with one attached hydrogen (secondary N) is 2. The minimum absolute atomic E-state index is 0.0714. The summed E-state index contributed by atoms with van der Waals surface area (Å²) in [5, 5.41) is 9.88. The van der Waals surface area contributed by atoms with E-state index in [1.807, 2.05) is 53.2 Å². The molecule has 7 rings (SSSR count). The van der Waals surface area contributed by atoms with Crippen molar-refractivity contribution in [2.45, 2.75) is 18.9 Å². The van der Waals surface area contributed by atoms with Crippen molar-refractivity contribution in [1.29, 1.82) is 0 Å². The highest BCUT2D eigenvalue weighted by atomic mass is 19.1. The molecular formula is C33H26FN9O2. The number of halogens is 1. The molecule has 0 fully saturated rings. The van der Waals surface area contributed by atoms with Crippen molar-refractivity contribution in [1.82, 2.24) is 34.6 Å². The third kappa shape index (κ3) is 5.07. The number of nitrogens with zero attached hydrogens (tertiary/aromatic N) is 6. The molecule has 2 aromatic carbocycles. The predicted molar refractivity (Wildman–Crippen MR) is 167 cm³/mol. The average molecular weight is 600 g/mol. The summed E-state index contributed by atoms with van der Waals surface area (Å²) in [6.45, 7) is 3.42. The van der Waals surface area contributed by atoms with Crippen LogP contribution in [-0.4, -0.2) is 41.1 Å². The van der Waals surface area contributed by atoms with Crippen molar-refractivity contribution in [2.24, 2.45) is 0 Å². The molecular weight excluding hydrogens is 573 g/mol. The fourth-order valence-corrected chi connectivity index (χ4v) is 5.64. The third-order valence-corrected chi connectivity index (χ3v) is 7.75. The van der Waals surface area contributed by atoms with Crippen LogP contribution in [0.1, 0.15) is 33.9 Å². The van der Waals surface area contributed by atoms with Gasteiger partial charge in [-0.3, -0.25) is 14.2 Å². The van der Waals surface area contributed by atoms with Crippen molar-refractivity contribution < 1.29 is 14.0 Å². The Morgan fingerprint density at radius 3 is 2.73 bits per heavy atom. The van der Waals surface area contributed by atoms with E-state index < -0.39 is 17.6 Å². The zero-order chi connectivity index (χ0) is 31.1. The van der Waals surface area contributed by atoms with E-state index in [0.717, 1.165) is 29.0 Å². The zero-order valence-corrected chi connectivity index (χ0v) is 23.8. The van der Waals surface area contributed by atoms with E-state index >= 15 is 0 Å². The molecule has 1 aliphatic carbocycles. The first-order valence-corrected chi connectivity index (χ1v) is 14.2. The summed E-state index contributed by atoms with van der Waals surface area (Å²) in [7, 11) is 0. The van der Waals surface area contributed by atoms with Gasteiger partial charge in [0, 0.05) is 24.3 Å². The van der Waals surface area contributed by atoms with Crippen molar-refractivity contribution in [3.8, 4) is 22.9 Å². The summed E-state index contributed by atoms with van der Waals surface area (Å²) in [5.41, 5.74) is 11.3. The Morgan fingerprint density at radius 2 is 1.93 bits per heavy atom. The van der Waals surface area contributed by atoms with E-state index in [-0.39, 0.29) is 17.3 Å². The second kappa shape index (κ2) is 11.2. The molecule has 6 aromatic rings. The number of carbonyl (C=O) groups excluding carboxylic acids is 2. The number of aromatic nitrogens is 6. The van der Waals surface area contributed by atoms with Crippen LogP contribution in [0.15, 0.2) is 98.0 Å². The second-order valence-corrected chi connectivity index (χ2v) is 10.5. The lowest BCUT2D eigenvalue weighted by molar-refractivity contribution is -0.111. The van der Waals surface area contributed by atoms with Gasteiger partial charge in [-0.15, -0.1) is 0 Å². The zero-order valence-electron chi connectivity index (χ0n) is 23.8. The van der Waals surface area contributed by atoms with Crippen LogP contribution >= 0.6 is 0 Å². The summed E-state index contributed by atoms with van der Waals surface area (Å²) in [5.74, 6) is 0.0207. The minimum atomic E-state index is -0.574. The Labute approximate surface area is 256 Å². The maximum absolute atomic E-state index is 13.9. The molecule has 4 heterocycles. The smallest absolute Gasteiger partial charge is 0.253 e. The second-order valence-electron chi connectivity index (χ2n) is 10.5. The van der Waals surface area contributed by atoms with Crippen molar-refractivity contribution in [3.05, 3.63) is 120 Å². The Bertz CT molecular complexity index is 2120. The summed E-state index contributed by atoms with van der Waals surface area (Å²) < 4.78 is 17.6. The first kappa shape index (κ1) is 27.7. The Balaban J connectivity index is 1.26. The predicted octanol–water partition coefficient (Wildman–Crippen LogP) is 4.93. The summed E-state index contributed by atoms with van der Waals surface area (Å²) >= 11 is 0. The molecule has 4 aromatic heterocycles. The van der Waals surface area contributed by atoms with Crippen LogP contribution < -0.4 is 16.4 Å². The SMILES string of the molecule is C=CC(=O)Nc1cc(F)ccc1C(=O)N[C@H]1CCc2cc(-n3c(-c4cccnc4N)nc4ccc(-n5cccn5)nc43)ccc21. The van der Waals surface area contributed by atoms with Gasteiger partial charge in [0.15, 0.2) is 17.3 Å². The van der Waals surface area contributed by atoms with Gasteiger partial charge in [0.05, 0.1) is 22.9 Å². The van der Waals surface area contributed by atoms with Crippen LogP contribution in [0.4, 0.5) is 15.9 Å². The third-order valence-electron chi connectivity index (χ3n) is 7.75. The van der Waals surface area contributed by atoms with E-state index in [2.05, 4.69) is 33.4 Å². The van der Waals surface area contributed by atoms with Gasteiger partial charge in [-0.2, -0.15) is 5.10 Å². The van der Waals surface area contributed by atoms with Crippen LogP contribution in [0.3, 0.4) is 0 Å². The number of rotatable bonds is 7. The number of aryl methyl sites for hydroxylation is 1. The van der Waals surface area contributed by atoms with Crippen LogP contribution in [0.5, 0.6) is 0 Å². The van der Waals surface area contributed by atoms with Gasteiger partial charge < -0.3 is 16.4 Å². The molecule has 11 nitrogen and oxygen atoms in total. The van der Waals surface area contributed by atoms with Gasteiger partial charge in [0.25, 0.3) is 5.91 Å². The molecule has 1 atom stereocenters. The number of hydrogen-bond donors (Lipinski definition) is 3. The van der Waals surface area contributed by atoms with Crippen molar-refractivity contribution in [3.63, 3.8) is 0 Å². The molecule has 0 saturated heterocycles. The van der Waals surface area contributed by atoms with E-state index in [1.54, 1.807) is 17.1 Å². The molecule has 45 heavy (non-hydrogen) atoms. The van der Waals surface area contributed by atoms with Crippen LogP contribution in [0.2, 0.25) is 0 Å². The van der Waals surface area contributed by atoms with E-state index in [0.29, 0.717) is 47.0 Å². The monoisotopic (exact) mass is 599 g/mol. The molecule has 222 valence electrons. The highest BCUT2D eigenvalue weighted by Crippen LogP contribution is 2.36. The maximum atomic E-state index is 13.9. The van der Waals surface area contributed by atoms with Gasteiger partial charge in [0.1, 0.15) is 17.2 Å². The number of nitrogens with two attached hydrogens (primary N) is 1. The van der Waals surface area contributed by atoms with E-state index in [9.17, 15) is 14.0 Å². The van der Waals surface area contributed by atoms with Crippen LogP contribution in [0, 0.1) is 5.82 Å². The number of carbonyl (C=O) groups is 2. The highest BCUT2D eigenvalue weighted by Gasteiger charge is 2.27. The number of fused-ring (bicyclic) bond motifs is 2. The molecule has 1 aliphatic rings. The molecule has 0 saturated carbocycles. The Hall–Kier alpha value is -6.17. The number of imidazole rings is 1. The Morgan fingerprint density at radius 1 is 1.04 bits per heavy atom. The van der Waals surface area contributed by atoms with Gasteiger partial charge in [-0.25, -0.2) is 24.0 Å². The molecule has 2 amide bonds. The van der Waals surface area contributed by atoms with Crippen LogP contribution in [0.25, 0.3) is 34.1 Å². The van der Waals surface area contributed by atoms with Gasteiger partial charge >= 0.3 is 0 Å². The van der Waals surface area contributed by atoms with Gasteiger partial charge in [0.2, 0.25) is 5.91 Å². The number of pyridine rings is 2. The molecule has 4 N–H and O–H groups in total. The fourth-order valence-electron chi connectivity index (χ4n) is 5.64. The van der Waals surface area contributed by atoms with Crippen molar-refractivity contribution in [2.75, 3.05) is 11.1 Å². The number of nitrogen functional groups attached to an aromatic ring is 1. The van der Waals surface area contributed by atoms with Gasteiger partial charge in [-0.1, -0.05) is 12.6 Å². The lowest BCUT2D eigenvalue weighted by Crippen LogP contribution is -2.28. The van der Waals surface area contributed by atoms with Crippen LogP contribution in [-0.2, 0) is 11.2 Å². The molecule has 0 bridgehead atoms. The normalized spacial score (nSPS) is 13.8. The summed E-state index contributed by atoms with van der Waals surface area (Å²) in [4.78, 5) is 39.3. The first-order chi connectivity index (χ1) is 21.9. The van der Waals surface area contributed by atoms with E-state index in [4.69, 9.17) is 15.7 Å². The lowest BCUT2D eigenvalue weighted by Gasteiger charge is -2.17. The first-order valence-electron chi connectivity index (χ1n) is 14.2. The Kier molecular flexibility index (Phi) is 6.85. The highest BCUT2D eigenvalue weighted by molar-refractivity contribution is 6.06. The fraction of sp³-hybridized carbons (Fsp3) is 0.0909. The largest absolute Gasteiger partial charge is 0.383 e. The quantitative estimate of drug-likeness (QED) is 0.221. The number of benzene rings is 2. The molecule has 12 heteroatoms. The molecule has 0 unspecified atom stereocenters. The lowest BCUT2D eigenvalue weighted by atomic mass is 10.1.